The Bertz CT molecular complexity index is 150. The molecule has 2 aliphatic rings. The van der Waals surface area contributed by atoms with Crippen LogP contribution in [0.5, 0.6) is 0 Å². The van der Waals surface area contributed by atoms with Gasteiger partial charge >= 0.3 is 0 Å². The molecular formula is C12H22. The molecule has 0 aromatic rings. The summed E-state index contributed by atoms with van der Waals surface area (Å²) in [6, 6.07) is 0. The van der Waals surface area contributed by atoms with Gasteiger partial charge in [0.15, 0.2) is 0 Å². The van der Waals surface area contributed by atoms with Gasteiger partial charge in [0.25, 0.3) is 0 Å². The van der Waals surface area contributed by atoms with E-state index in [2.05, 4.69) is 13.8 Å². The Morgan fingerprint density at radius 2 is 2.00 bits per heavy atom. The van der Waals surface area contributed by atoms with Crippen LogP contribution >= 0.6 is 0 Å². The first kappa shape index (κ1) is 8.59. The van der Waals surface area contributed by atoms with Gasteiger partial charge in [-0.3, -0.25) is 0 Å². The molecule has 0 heterocycles. The summed E-state index contributed by atoms with van der Waals surface area (Å²) in [6.07, 6.45) is 9.08. The molecule has 2 bridgehead atoms. The highest BCUT2D eigenvalue weighted by Gasteiger charge is 2.45. The van der Waals surface area contributed by atoms with Crippen LogP contribution in [0.1, 0.15) is 52.4 Å². The van der Waals surface area contributed by atoms with Gasteiger partial charge in [0, 0.05) is 0 Å². The van der Waals surface area contributed by atoms with Crippen LogP contribution in [0.3, 0.4) is 0 Å². The molecule has 4 atom stereocenters. The molecule has 0 aromatic carbocycles. The lowest BCUT2D eigenvalue weighted by Crippen LogP contribution is -2.11. The Hall–Kier alpha value is 0. The van der Waals surface area contributed by atoms with Gasteiger partial charge in [0.05, 0.1) is 0 Å². The number of hydrogen-bond donors (Lipinski definition) is 0. The van der Waals surface area contributed by atoms with Crippen LogP contribution in [0.15, 0.2) is 0 Å². The maximum Gasteiger partial charge on any atom is -0.0355 e. The maximum atomic E-state index is 2.38. The Balaban J connectivity index is 1.99. The van der Waals surface area contributed by atoms with Crippen LogP contribution in [0.25, 0.3) is 0 Å². The lowest BCUT2D eigenvalue weighted by molar-refractivity contribution is 0.301. The molecule has 12 heavy (non-hydrogen) atoms. The van der Waals surface area contributed by atoms with Crippen LogP contribution in [-0.2, 0) is 0 Å². The third kappa shape index (κ3) is 1.20. The highest BCUT2D eigenvalue weighted by atomic mass is 14.5. The van der Waals surface area contributed by atoms with Gasteiger partial charge in [0.1, 0.15) is 0 Å². The molecule has 0 saturated heterocycles. The fourth-order valence-electron chi connectivity index (χ4n) is 3.88. The SMILES string of the molecule is CCCC1C2CCC1C(CC)C2. The van der Waals surface area contributed by atoms with E-state index in [1.165, 1.54) is 19.3 Å². The smallest absolute Gasteiger partial charge is 0.0355 e. The molecule has 2 aliphatic carbocycles. The average molecular weight is 166 g/mol. The summed E-state index contributed by atoms with van der Waals surface area (Å²) in [4.78, 5) is 0. The van der Waals surface area contributed by atoms with Crippen molar-refractivity contribution in [3.05, 3.63) is 0 Å². The summed E-state index contributed by atoms with van der Waals surface area (Å²) in [5.41, 5.74) is 0. The normalized spacial score (nSPS) is 45.5. The fraction of sp³-hybridized carbons (Fsp3) is 1.00. The van der Waals surface area contributed by atoms with Crippen molar-refractivity contribution >= 4 is 0 Å². The Morgan fingerprint density at radius 1 is 1.17 bits per heavy atom. The van der Waals surface area contributed by atoms with Crippen LogP contribution in [-0.4, -0.2) is 0 Å². The minimum atomic E-state index is 1.11. The van der Waals surface area contributed by atoms with E-state index in [1.54, 1.807) is 19.3 Å². The standard InChI is InChI=1S/C12H22/c1-3-5-11-10-6-7-12(11)9(4-2)8-10/h9-12H,3-8H2,1-2H3. The largest absolute Gasteiger partial charge is 0.0654 e. The second-order valence-corrected chi connectivity index (χ2v) is 4.86. The van der Waals surface area contributed by atoms with Crippen molar-refractivity contribution in [1.82, 2.24) is 0 Å². The summed E-state index contributed by atoms with van der Waals surface area (Å²) in [5.74, 6) is 4.53. The van der Waals surface area contributed by atoms with Gasteiger partial charge in [0.2, 0.25) is 0 Å². The predicted molar refractivity (Wildman–Crippen MR) is 53.0 cm³/mol. The van der Waals surface area contributed by atoms with Crippen LogP contribution in [0.4, 0.5) is 0 Å². The van der Waals surface area contributed by atoms with Gasteiger partial charge in [-0.25, -0.2) is 0 Å². The van der Waals surface area contributed by atoms with Gasteiger partial charge < -0.3 is 0 Å². The Labute approximate surface area is 76.7 Å². The van der Waals surface area contributed by atoms with Crippen molar-refractivity contribution < 1.29 is 0 Å². The first-order valence-corrected chi connectivity index (χ1v) is 5.86. The van der Waals surface area contributed by atoms with E-state index in [0.717, 1.165) is 23.7 Å². The lowest BCUT2D eigenvalue weighted by atomic mass is 9.85. The predicted octanol–water partition coefficient (Wildman–Crippen LogP) is 3.86. The van der Waals surface area contributed by atoms with Gasteiger partial charge in [-0.1, -0.05) is 33.1 Å². The zero-order valence-corrected chi connectivity index (χ0v) is 8.55. The average Bonchev–Trinajstić information content (AvgIpc) is 2.63. The first-order valence-electron chi connectivity index (χ1n) is 5.86. The molecule has 2 saturated carbocycles. The van der Waals surface area contributed by atoms with E-state index in [-0.39, 0.29) is 0 Å². The van der Waals surface area contributed by atoms with Crippen LogP contribution in [0, 0.1) is 23.7 Å². The summed E-state index contributed by atoms with van der Waals surface area (Å²) < 4.78 is 0. The Morgan fingerprint density at radius 3 is 2.58 bits per heavy atom. The van der Waals surface area contributed by atoms with Crippen LogP contribution < -0.4 is 0 Å². The zero-order chi connectivity index (χ0) is 8.55. The van der Waals surface area contributed by atoms with E-state index in [4.69, 9.17) is 0 Å². The van der Waals surface area contributed by atoms with E-state index < -0.39 is 0 Å². The van der Waals surface area contributed by atoms with Gasteiger partial charge in [-0.15, -0.1) is 0 Å². The number of hydrogen-bond acceptors (Lipinski definition) is 0. The summed E-state index contributed by atoms with van der Waals surface area (Å²) in [6.45, 7) is 4.73. The second kappa shape index (κ2) is 3.40. The minimum Gasteiger partial charge on any atom is -0.0654 e. The molecule has 2 rings (SSSR count). The second-order valence-electron chi connectivity index (χ2n) is 4.86. The molecule has 2 fully saturated rings. The summed E-state index contributed by atoms with van der Waals surface area (Å²) >= 11 is 0. The maximum absolute atomic E-state index is 2.38. The van der Waals surface area contributed by atoms with Crippen molar-refractivity contribution in [3.63, 3.8) is 0 Å². The monoisotopic (exact) mass is 166 g/mol. The van der Waals surface area contributed by atoms with Gasteiger partial charge in [-0.05, 0) is 42.9 Å². The van der Waals surface area contributed by atoms with Crippen molar-refractivity contribution in [3.8, 4) is 0 Å². The molecule has 0 heteroatoms. The molecule has 0 spiro atoms. The van der Waals surface area contributed by atoms with E-state index in [0.29, 0.717) is 0 Å². The van der Waals surface area contributed by atoms with Crippen LogP contribution in [0.2, 0.25) is 0 Å². The van der Waals surface area contributed by atoms with Gasteiger partial charge in [-0.2, -0.15) is 0 Å². The lowest BCUT2D eigenvalue weighted by Gasteiger charge is -2.20. The van der Waals surface area contributed by atoms with E-state index >= 15 is 0 Å². The molecule has 0 aromatic heterocycles. The topological polar surface area (TPSA) is 0 Å². The van der Waals surface area contributed by atoms with Crippen molar-refractivity contribution in [2.45, 2.75) is 52.4 Å². The quantitative estimate of drug-likeness (QED) is 0.597. The molecular weight excluding hydrogens is 144 g/mol. The molecule has 4 unspecified atom stereocenters. The fourth-order valence-corrected chi connectivity index (χ4v) is 3.88. The number of fused-ring (bicyclic) bond motifs is 2. The summed E-state index contributed by atoms with van der Waals surface area (Å²) in [5, 5.41) is 0. The first-order chi connectivity index (χ1) is 5.86. The third-order valence-electron chi connectivity index (χ3n) is 4.38. The third-order valence-corrected chi connectivity index (χ3v) is 4.38. The molecule has 0 nitrogen and oxygen atoms in total. The number of rotatable bonds is 3. The van der Waals surface area contributed by atoms with E-state index in [9.17, 15) is 0 Å². The van der Waals surface area contributed by atoms with Crippen molar-refractivity contribution in [2.24, 2.45) is 23.7 Å². The molecule has 0 radical (unpaired) electrons. The highest BCUT2D eigenvalue weighted by molar-refractivity contribution is 4.95. The summed E-state index contributed by atoms with van der Waals surface area (Å²) in [7, 11) is 0. The molecule has 0 aliphatic heterocycles. The molecule has 0 N–H and O–H groups in total. The zero-order valence-electron chi connectivity index (χ0n) is 8.55. The molecule has 70 valence electrons. The van der Waals surface area contributed by atoms with Crippen molar-refractivity contribution in [2.75, 3.05) is 0 Å². The highest BCUT2D eigenvalue weighted by Crippen LogP contribution is 2.55. The Kier molecular flexibility index (Phi) is 2.43. The van der Waals surface area contributed by atoms with E-state index in [1.807, 2.05) is 0 Å². The minimum absolute atomic E-state index is 1.11. The molecule has 0 amide bonds. The van der Waals surface area contributed by atoms with Crippen molar-refractivity contribution in [1.29, 1.82) is 0 Å².